The van der Waals surface area contributed by atoms with Gasteiger partial charge in [0, 0.05) is 0 Å². The third-order valence-corrected chi connectivity index (χ3v) is 5.45. The molecular formula is C18H32. The van der Waals surface area contributed by atoms with Crippen LogP contribution in [0.15, 0.2) is 11.1 Å². The zero-order valence-corrected chi connectivity index (χ0v) is 12.8. The molecule has 0 spiro atoms. The van der Waals surface area contributed by atoms with Gasteiger partial charge in [-0.15, -0.1) is 0 Å². The lowest BCUT2D eigenvalue weighted by molar-refractivity contribution is 0.299. The van der Waals surface area contributed by atoms with E-state index < -0.39 is 0 Å². The minimum atomic E-state index is 0.902. The molecule has 2 saturated carbocycles. The highest BCUT2D eigenvalue weighted by Crippen LogP contribution is 2.44. The van der Waals surface area contributed by atoms with Crippen molar-refractivity contribution in [3.63, 3.8) is 0 Å². The van der Waals surface area contributed by atoms with Gasteiger partial charge in [-0.1, -0.05) is 51.2 Å². The van der Waals surface area contributed by atoms with Crippen LogP contribution in [-0.4, -0.2) is 0 Å². The van der Waals surface area contributed by atoms with E-state index in [0.29, 0.717) is 0 Å². The highest BCUT2D eigenvalue weighted by atomic mass is 14.4. The monoisotopic (exact) mass is 248 g/mol. The Kier molecular flexibility index (Phi) is 5.33. The first-order valence-electron chi connectivity index (χ1n) is 8.45. The molecule has 18 heavy (non-hydrogen) atoms. The maximum Gasteiger partial charge on any atom is -0.0175 e. The second-order valence-electron chi connectivity index (χ2n) is 6.82. The van der Waals surface area contributed by atoms with Crippen LogP contribution in [0.1, 0.15) is 85.0 Å². The van der Waals surface area contributed by atoms with Crippen LogP contribution in [0, 0.1) is 17.8 Å². The number of rotatable bonds is 4. The van der Waals surface area contributed by atoms with Gasteiger partial charge in [0.05, 0.1) is 0 Å². The zero-order chi connectivity index (χ0) is 13.0. The van der Waals surface area contributed by atoms with Crippen molar-refractivity contribution in [1.82, 2.24) is 0 Å². The quantitative estimate of drug-likeness (QED) is 0.415. The Bertz CT molecular complexity index is 286. The van der Waals surface area contributed by atoms with Crippen LogP contribution in [0.3, 0.4) is 0 Å². The van der Waals surface area contributed by atoms with Crippen molar-refractivity contribution >= 4 is 0 Å². The van der Waals surface area contributed by atoms with Gasteiger partial charge in [0.2, 0.25) is 0 Å². The third kappa shape index (κ3) is 3.19. The van der Waals surface area contributed by atoms with E-state index in [2.05, 4.69) is 20.8 Å². The largest absolute Gasteiger partial charge is 0.0679 e. The molecule has 0 aromatic carbocycles. The third-order valence-electron chi connectivity index (χ3n) is 5.45. The van der Waals surface area contributed by atoms with Crippen LogP contribution in [0.4, 0.5) is 0 Å². The molecule has 3 unspecified atom stereocenters. The van der Waals surface area contributed by atoms with Crippen LogP contribution >= 0.6 is 0 Å². The lowest BCUT2D eigenvalue weighted by atomic mass is 9.71. The Labute approximate surface area is 114 Å². The summed E-state index contributed by atoms with van der Waals surface area (Å²) in [6.45, 7) is 7.30. The van der Waals surface area contributed by atoms with E-state index in [1.807, 2.05) is 11.1 Å². The molecule has 0 saturated heterocycles. The summed E-state index contributed by atoms with van der Waals surface area (Å²) in [7, 11) is 0. The summed E-state index contributed by atoms with van der Waals surface area (Å²) in [5.74, 6) is 2.80. The summed E-state index contributed by atoms with van der Waals surface area (Å²) in [5.41, 5.74) is 3.82. The van der Waals surface area contributed by atoms with E-state index in [9.17, 15) is 0 Å². The number of hydrogen-bond donors (Lipinski definition) is 0. The van der Waals surface area contributed by atoms with Crippen molar-refractivity contribution in [3.05, 3.63) is 11.1 Å². The van der Waals surface area contributed by atoms with Crippen LogP contribution < -0.4 is 0 Å². The minimum absolute atomic E-state index is 0.902. The Morgan fingerprint density at radius 2 is 1.67 bits per heavy atom. The molecule has 2 rings (SSSR count). The SMILES string of the molecule is CCCCCC1C(=C2CCCC2C)CCCC1C. The highest BCUT2D eigenvalue weighted by molar-refractivity contribution is 5.24. The molecule has 0 aromatic heterocycles. The Morgan fingerprint density at radius 1 is 0.944 bits per heavy atom. The second kappa shape index (κ2) is 6.78. The standard InChI is InChI=1S/C18H32/c1-4-5-6-11-16-14(2)10-8-13-18(16)17-12-7-9-15(17)3/h14-16H,4-13H2,1-3H3. The molecule has 2 aliphatic carbocycles. The van der Waals surface area contributed by atoms with E-state index in [1.54, 1.807) is 0 Å². The van der Waals surface area contributed by atoms with Gasteiger partial charge in [-0.2, -0.15) is 0 Å². The van der Waals surface area contributed by atoms with Gasteiger partial charge in [-0.05, 0) is 62.7 Å². The number of unbranched alkanes of at least 4 members (excludes halogenated alkanes) is 2. The normalized spacial score (nSPS) is 37.2. The van der Waals surface area contributed by atoms with Crippen molar-refractivity contribution in [2.45, 2.75) is 85.0 Å². The fourth-order valence-electron chi connectivity index (χ4n) is 4.31. The van der Waals surface area contributed by atoms with Crippen LogP contribution in [0.25, 0.3) is 0 Å². The van der Waals surface area contributed by atoms with E-state index in [-0.39, 0.29) is 0 Å². The van der Waals surface area contributed by atoms with Crippen LogP contribution in [-0.2, 0) is 0 Å². The van der Waals surface area contributed by atoms with Gasteiger partial charge in [0.15, 0.2) is 0 Å². The maximum absolute atomic E-state index is 2.51. The van der Waals surface area contributed by atoms with Crippen molar-refractivity contribution in [2.24, 2.45) is 17.8 Å². The minimum Gasteiger partial charge on any atom is -0.0679 e. The summed E-state index contributed by atoms with van der Waals surface area (Å²) in [6, 6.07) is 0. The zero-order valence-electron chi connectivity index (χ0n) is 12.8. The summed E-state index contributed by atoms with van der Waals surface area (Å²) in [4.78, 5) is 0. The van der Waals surface area contributed by atoms with E-state index >= 15 is 0 Å². The first-order valence-corrected chi connectivity index (χ1v) is 8.45. The van der Waals surface area contributed by atoms with Crippen LogP contribution in [0.2, 0.25) is 0 Å². The first kappa shape index (κ1) is 14.2. The predicted molar refractivity (Wildman–Crippen MR) is 80.7 cm³/mol. The van der Waals surface area contributed by atoms with Gasteiger partial charge < -0.3 is 0 Å². The Balaban J connectivity index is 2.09. The lowest BCUT2D eigenvalue weighted by Crippen LogP contribution is -2.21. The smallest absolute Gasteiger partial charge is 0.0175 e. The summed E-state index contributed by atoms with van der Waals surface area (Å²) >= 11 is 0. The van der Waals surface area contributed by atoms with Gasteiger partial charge in [-0.3, -0.25) is 0 Å². The molecule has 0 amide bonds. The average molecular weight is 248 g/mol. The Hall–Kier alpha value is -0.260. The topological polar surface area (TPSA) is 0 Å². The van der Waals surface area contributed by atoms with Gasteiger partial charge in [0.25, 0.3) is 0 Å². The van der Waals surface area contributed by atoms with Crippen molar-refractivity contribution in [3.8, 4) is 0 Å². The van der Waals surface area contributed by atoms with Crippen molar-refractivity contribution < 1.29 is 0 Å². The first-order chi connectivity index (χ1) is 8.74. The maximum atomic E-state index is 2.51. The van der Waals surface area contributed by atoms with Crippen molar-refractivity contribution in [2.75, 3.05) is 0 Å². The summed E-state index contributed by atoms with van der Waals surface area (Å²) in [6.07, 6.45) is 14.4. The average Bonchev–Trinajstić information content (AvgIpc) is 2.78. The molecule has 0 N–H and O–H groups in total. The highest BCUT2D eigenvalue weighted by Gasteiger charge is 2.30. The molecule has 0 aliphatic heterocycles. The van der Waals surface area contributed by atoms with E-state index in [0.717, 1.165) is 17.8 Å². The van der Waals surface area contributed by atoms with Gasteiger partial charge in [-0.25, -0.2) is 0 Å². The number of hydrogen-bond acceptors (Lipinski definition) is 0. The molecule has 0 heteroatoms. The molecule has 0 heterocycles. The number of allylic oxidation sites excluding steroid dienone is 2. The van der Waals surface area contributed by atoms with E-state index in [4.69, 9.17) is 0 Å². The molecule has 0 bridgehead atoms. The molecule has 2 fully saturated rings. The lowest BCUT2D eigenvalue weighted by Gasteiger charge is -2.34. The molecule has 0 nitrogen and oxygen atoms in total. The predicted octanol–water partition coefficient (Wildman–Crippen LogP) is 6.12. The van der Waals surface area contributed by atoms with Crippen molar-refractivity contribution in [1.29, 1.82) is 0 Å². The molecule has 0 aromatic rings. The van der Waals surface area contributed by atoms with Gasteiger partial charge in [0.1, 0.15) is 0 Å². The molecule has 0 radical (unpaired) electrons. The molecule has 3 atom stereocenters. The fourth-order valence-corrected chi connectivity index (χ4v) is 4.31. The molecule has 2 aliphatic rings. The van der Waals surface area contributed by atoms with Crippen LogP contribution in [0.5, 0.6) is 0 Å². The van der Waals surface area contributed by atoms with E-state index in [1.165, 1.54) is 64.2 Å². The molecule has 104 valence electrons. The Morgan fingerprint density at radius 3 is 2.33 bits per heavy atom. The summed E-state index contributed by atoms with van der Waals surface area (Å²) < 4.78 is 0. The fraction of sp³-hybridized carbons (Fsp3) is 0.889. The second-order valence-corrected chi connectivity index (χ2v) is 6.82. The van der Waals surface area contributed by atoms with Gasteiger partial charge >= 0.3 is 0 Å². The molecular weight excluding hydrogens is 216 g/mol. The summed E-state index contributed by atoms with van der Waals surface area (Å²) in [5, 5.41) is 0.